The molecule has 0 heterocycles. The van der Waals surface area contributed by atoms with E-state index in [0.29, 0.717) is 19.4 Å². The number of carboxylic acids is 2. The maximum Gasteiger partial charge on any atom is 0.326 e. The normalized spacial score (nSPS) is 14.1. The van der Waals surface area contributed by atoms with Crippen molar-refractivity contribution in [1.29, 1.82) is 0 Å². The van der Waals surface area contributed by atoms with Crippen LogP contribution in [0.15, 0.2) is 4.99 Å². The molecule has 34 heavy (non-hydrogen) atoms. The van der Waals surface area contributed by atoms with Crippen LogP contribution in [0.5, 0.6) is 0 Å². The molecule has 15 nitrogen and oxygen atoms in total. The van der Waals surface area contributed by atoms with Gasteiger partial charge in [-0.05, 0) is 45.6 Å². The molecule has 0 rings (SSSR count). The highest BCUT2D eigenvalue weighted by atomic mass is 16.4. The zero-order valence-electron chi connectivity index (χ0n) is 19.2. The molecule has 4 unspecified atom stereocenters. The maximum absolute atomic E-state index is 12.8. The van der Waals surface area contributed by atoms with E-state index in [-0.39, 0.29) is 31.8 Å². The van der Waals surface area contributed by atoms with Crippen molar-refractivity contribution in [1.82, 2.24) is 16.0 Å². The second kappa shape index (κ2) is 16.2. The summed E-state index contributed by atoms with van der Waals surface area (Å²) < 4.78 is 0. The third-order valence-electron chi connectivity index (χ3n) is 4.57. The molecule has 0 aromatic rings. The van der Waals surface area contributed by atoms with Crippen LogP contribution in [-0.4, -0.2) is 83.1 Å². The van der Waals surface area contributed by atoms with Crippen LogP contribution < -0.4 is 38.9 Å². The van der Waals surface area contributed by atoms with Crippen molar-refractivity contribution < 1.29 is 34.2 Å². The Morgan fingerprint density at radius 1 is 0.824 bits per heavy atom. The molecule has 0 aliphatic rings. The fraction of sp³-hybridized carbons (Fsp3) is 0.684. The Morgan fingerprint density at radius 2 is 1.35 bits per heavy atom. The minimum atomic E-state index is -1.49. The van der Waals surface area contributed by atoms with Gasteiger partial charge in [-0.25, -0.2) is 4.79 Å². The lowest BCUT2D eigenvalue weighted by Gasteiger charge is -2.24. The molecule has 0 bridgehead atoms. The van der Waals surface area contributed by atoms with Gasteiger partial charge in [0, 0.05) is 6.54 Å². The van der Waals surface area contributed by atoms with Gasteiger partial charge in [-0.2, -0.15) is 0 Å². The average Bonchev–Trinajstić information content (AvgIpc) is 2.73. The number of carbonyl (C=O) groups excluding carboxylic acids is 3. The van der Waals surface area contributed by atoms with Crippen molar-refractivity contribution in [3.63, 3.8) is 0 Å². The molecular weight excluding hydrogens is 452 g/mol. The first-order valence-electron chi connectivity index (χ1n) is 10.8. The van der Waals surface area contributed by atoms with E-state index < -0.39 is 60.2 Å². The smallest absolute Gasteiger partial charge is 0.326 e. The van der Waals surface area contributed by atoms with Crippen molar-refractivity contribution in [2.24, 2.45) is 27.9 Å². The first kappa shape index (κ1) is 30.5. The van der Waals surface area contributed by atoms with Crippen LogP contribution in [-0.2, 0) is 24.0 Å². The van der Waals surface area contributed by atoms with Crippen molar-refractivity contribution in [2.45, 2.75) is 69.6 Å². The summed E-state index contributed by atoms with van der Waals surface area (Å²) in [6.07, 6.45) is 0.601. The Kier molecular flexibility index (Phi) is 14.6. The monoisotopic (exact) mass is 488 g/mol. The fourth-order valence-corrected chi connectivity index (χ4v) is 2.75. The van der Waals surface area contributed by atoms with Crippen LogP contribution in [0.2, 0.25) is 0 Å². The Bertz CT molecular complexity index is 740. The number of rotatable bonds is 17. The molecule has 0 fully saturated rings. The lowest BCUT2D eigenvalue weighted by molar-refractivity contribution is -0.143. The fourth-order valence-electron chi connectivity index (χ4n) is 2.75. The number of carboxylic acid groups (broad SMARTS) is 2. The predicted molar refractivity (Wildman–Crippen MR) is 122 cm³/mol. The van der Waals surface area contributed by atoms with E-state index in [0.717, 1.165) is 0 Å². The van der Waals surface area contributed by atoms with Crippen LogP contribution in [0.1, 0.15) is 45.4 Å². The lowest BCUT2D eigenvalue weighted by atomic mass is 10.1. The molecule has 0 saturated heterocycles. The van der Waals surface area contributed by atoms with Gasteiger partial charge in [0.15, 0.2) is 5.96 Å². The number of aliphatic carboxylic acids is 2. The Balaban J connectivity index is 5.41. The number of amides is 3. The zero-order valence-corrected chi connectivity index (χ0v) is 19.2. The molecule has 0 spiro atoms. The number of hydrogen-bond donors (Lipinski definition) is 9. The molecule has 13 N–H and O–H groups in total. The van der Waals surface area contributed by atoms with Gasteiger partial charge in [0.05, 0.1) is 12.5 Å². The van der Waals surface area contributed by atoms with Crippen molar-refractivity contribution in [3.05, 3.63) is 0 Å². The number of carbonyl (C=O) groups is 5. The van der Waals surface area contributed by atoms with E-state index >= 15 is 0 Å². The second-order valence-corrected chi connectivity index (χ2v) is 7.64. The molecule has 0 aromatic heterocycles. The summed E-state index contributed by atoms with van der Waals surface area (Å²) in [7, 11) is 0. The minimum absolute atomic E-state index is 0.0212. The molecule has 0 aliphatic carbocycles. The van der Waals surface area contributed by atoms with Gasteiger partial charge < -0.3 is 49.1 Å². The quantitative estimate of drug-likeness (QED) is 0.0550. The average molecular weight is 489 g/mol. The molecule has 15 heteroatoms. The van der Waals surface area contributed by atoms with Gasteiger partial charge in [-0.15, -0.1) is 0 Å². The third kappa shape index (κ3) is 13.2. The lowest BCUT2D eigenvalue weighted by Crippen LogP contribution is -2.57. The summed E-state index contributed by atoms with van der Waals surface area (Å²) in [6.45, 7) is 1.85. The summed E-state index contributed by atoms with van der Waals surface area (Å²) in [4.78, 5) is 63.8. The molecule has 4 atom stereocenters. The van der Waals surface area contributed by atoms with E-state index in [9.17, 15) is 29.1 Å². The first-order valence-corrected chi connectivity index (χ1v) is 10.8. The van der Waals surface area contributed by atoms with Gasteiger partial charge in [-0.1, -0.05) is 0 Å². The van der Waals surface area contributed by atoms with E-state index in [1.54, 1.807) is 0 Å². The van der Waals surface area contributed by atoms with Crippen molar-refractivity contribution in [2.75, 3.05) is 13.1 Å². The Labute approximate surface area is 197 Å². The van der Waals surface area contributed by atoms with Crippen LogP contribution in [0, 0.1) is 0 Å². The molecule has 0 aliphatic heterocycles. The highest BCUT2D eigenvalue weighted by Gasteiger charge is 2.30. The standard InChI is InChI=1S/C19H36N8O7/c1-10(21)15(30)27-13(9-14(28)29)17(32)25-11(5-2-3-7-20)16(31)26-12(18(33)34)6-4-8-24-19(22)23/h10-13H,2-9,20-21H2,1H3,(H,25,32)(H,26,31)(H,27,30)(H,28,29)(H,33,34)(H4,22,23,24). The van der Waals surface area contributed by atoms with Gasteiger partial charge in [0.1, 0.15) is 18.1 Å². The van der Waals surface area contributed by atoms with Gasteiger partial charge in [-0.3, -0.25) is 24.2 Å². The van der Waals surface area contributed by atoms with E-state index in [2.05, 4.69) is 20.9 Å². The summed E-state index contributed by atoms with van der Waals surface area (Å²) in [6, 6.07) is -4.95. The summed E-state index contributed by atoms with van der Waals surface area (Å²) >= 11 is 0. The largest absolute Gasteiger partial charge is 0.481 e. The molecule has 0 aromatic carbocycles. The van der Waals surface area contributed by atoms with Crippen LogP contribution in [0.25, 0.3) is 0 Å². The third-order valence-corrected chi connectivity index (χ3v) is 4.57. The molecule has 194 valence electrons. The highest BCUT2D eigenvalue weighted by molar-refractivity contribution is 5.95. The Morgan fingerprint density at radius 3 is 1.85 bits per heavy atom. The van der Waals surface area contributed by atoms with E-state index in [4.69, 9.17) is 28.0 Å². The van der Waals surface area contributed by atoms with Gasteiger partial charge >= 0.3 is 11.9 Å². The van der Waals surface area contributed by atoms with Crippen LogP contribution >= 0.6 is 0 Å². The van der Waals surface area contributed by atoms with Crippen molar-refractivity contribution in [3.8, 4) is 0 Å². The molecular formula is C19H36N8O7. The summed E-state index contributed by atoms with van der Waals surface area (Å²) in [5, 5.41) is 25.5. The predicted octanol–water partition coefficient (Wildman–Crippen LogP) is -3.47. The Hall–Kier alpha value is -3.46. The van der Waals surface area contributed by atoms with Gasteiger partial charge in [0.2, 0.25) is 17.7 Å². The number of unbranched alkanes of at least 4 members (excludes halogenated alkanes) is 1. The second-order valence-electron chi connectivity index (χ2n) is 7.64. The number of nitrogens with one attached hydrogen (secondary N) is 3. The number of nitrogens with two attached hydrogens (primary N) is 4. The van der Waals surface area contributed by atoms with E-state index in [1.807, 2.05) is 0 Å². The molecule has 3 amide bonds. The van der Waals surface area contributed by atoms with Crippen LogP contribution in [0.4, 0.5) is 0 Å². The topological polar surface area (TPSA) is 278 Å². The SMILES string of the molecule is CC(N)C(=O)NC(CC(=O)O)C(=O)NC(CCCCN)C(=O)NC(CCCN=C(N)N)C(=O)O. The summed E-state index contributed by atoms with van der Waals surface area (Å²) in [5.41, 5.74) is 21.4. The first-order chi connectivity index (χ1) is 15.9. The minimum Gasteiger partial charge on any atom is -0.481 e. The highest BCUT2D eigenvalue weighted by Crippen LogP contribution is 2.06. The molecule has 0 saturated carbocycles. The number of guanidine groups is 1. The molecule has 0 radical (unpaired) electrons. The number of hydrogen-bond acceptors (Lipinski definition) is 8. The van der Waals surface area contributed by atoms with Crippen LogP contribution in [0.3, 0.4) is 0 Å². The maximum atomic E-state index is 12.8. The zero-order chi connectivity index (χ0) is 26.3. The van der Waals surface area contributed by atoms with E-state index in [1.165, 1.54) is 6.92 Å². The summed E-state index contributed by atoms with van der Waals surface area (Å²) in [5.74, 6) is -5.27. The number of aliphatic imine (C=N–C) groups is 1. The van der Waals surface area contributed by atoms with Gasteiger partial charge in [0.25, 0.3) is 0 Å². The number of nitrogens with zero attached hydrogens (tertiary/aromatic N) is 1. The van der Waals surface area contributed by atoms with Crippen molar-refractivity contribution >= 4 is 35.6 Å².